The van der Waals surface area contributed by atoms with Crippen LogP contribution < -0.4 is 4.74 Å². The summed E-state index contributed by atoms with van der Waals surface area (Å²) in [5.41, 5.74) is 2.76. The summed E-state index contributed by atoms with van der Waals surface area (Å²) in [4.78, 5) is 12.0. The van der Waals surface area contributed by atoms with E-state index in [1.807, 2.05) is 30.3 Å². The standard InChI is InChI=1S/C36H52O5/c1-2-3-4-5-6-10-17-29-26-40-36(41-27-29)31-20-18-30(19-21-31)34-25-32(22-23-33(34)35(37)38)39-24-13-8-7-9-14-28-15-11-12-16-28/h18-23,25,28-29,36H,2-17,24,26-27H2,1H3,(H,37,38)/t29-,36-. The zero-order valence-corrected chi connectivity index (χ0v) is 25.3. The largest absolute Gasteiger partial charge is 0.494 e. The highest BCUT2D eigenvalue weighted by Gasteiger charge is 2.23. The highest BCUT2D eigenvalue weighted by molar-refractivity contribution is 5.96. The van der Waals surface area contributed by atoms with Crippen LogP contribution in [-0.2, 0) is 9.47 Å². The van der Waals surface area contributed by atoms with Gasteiger partial charge in [0.2, 0.25) is 0 Å². The van der Waals surface area contributed by atoms with Crippen LogP contribution in [0.5, 0.6) is 5.75 Å². The Labute approximate surface area is 248 Å². The fraction of sp³-hybridized carbons (Fsp3) is 0.639. The predicted octanol–water partition coefficient (Wildman–Crippen LogP) is 9.98. The summed E-state index contributed by atoms with van der Waals surface area (Å²) in [5, 5.41) is 9.81. The fourth-order valence-electron chi connectivity index (χ4n) is 6.35. The van der Waals surface area contributed by atoms with E-state index in [9.17, 15) is 9.90 Å². The van der Waals surface area contributed by atoms with Crippen LogP contribution in [0.3, 0.4) is 0 Å². The Morgan fingerprint density at radius 1 is 0.805 bits per heavy atom. The van der Waals surface area contributed by atoms with Crippen LogP contribution in [0.2, 0.25) is 0 Å². The number of carboxylic acid groups (broad SMARTS) is 1. The van der Waals surface area contributed by atoms with E-state index in [0.717, 1.165) is 48.8 Å². The molecule has 226 valence electrons. The molecule has 1 aliphatic heterocycles. The molecular formula is C36H52O5. The van der Waals surface area contributed by atoms with E-state index in [0.29, 0.717) is 18.1 Å². The van der Waals surface area contributed by atoms with Crippen molar-refractivity contribution in [1.82, 2.24) is 0 Å². The molecule has 0 radical (unpaired) electrons. The number of hydrogen-bond donors (Lipinski definition) is 1. The minimum Gasteiger partial charge on any atom is -0.494 e. The number of unbranched alkanes of at least 4 members (excludes halogenated alkanes) is 8. The molecule has 2 aromatic carbocycles. The molecule has 0 spiro atoms. The van der Waals surface area contributed by atoms with Crippen molar-refractivity contribution in [1.29, 1.82) is 0 Å². The van der Waals surface area contributed by atoms with E-state index in [4.69, 9.17) is 14.2 Å². The number of hydrogen-bond acceptors (Lipinski definition) is 4. The molecule has 5 nitrogen and oxygen atoms in total. The summed E-state index contributed by atoms with van der Waals surface area (Å²) in [5.74, 6) is 1.22. The lowest BCUT2D eigenvalue weighted by atomic mass is 9.98. The molecule has 5 heteroatoms. The van der Waals surface area contributed by atoms with E-state index < -0.39 is 5.97 Å². The lowest BCUT2D eigenvalue weighted by Gasteiger charge is -2.29. The smallest absolute Gasteiger partial charge is 0.336 e. The van der Waals surface area contributed by atoms with Crippen molar-refractivity contribution >= 4 is 5.97 Å². The molecule has 0 amide bonds. The maximum Gasteiger partial charge on any atom is 0.336 e. The Hall–Kier alpha value is -2.37. The van der Waals surface area contributed by atoms with Crippen LogP contribution in [0.4, 0.5) is 0 Å². The van der Waals surface area contributed by atoms with Gasteiger partial charge in [0.15, 0.2) is 6.29 Å². The van der Waals surface area contributed by atoms with Crippen molar-refractivity contribution in [3.8, 4) is 16.9 Å². The van der Waals surface area contributed by atoms with Gasteiger partial charge in [-0.25, -0.2) is 4.79 Å². The third-order valence-corrected chi connectivity index (χ3v) is 8.90. The molecule has 1 aliphatic carbocycles. The van der Waals surface area contributed by atoms with Crippen LogP contribution in [-0.4, -0.2) is 30.9 Å². The van der Waals surface area contributed by atoms with Gasteiger partial charge in [0.05, 0.1) is 25.4 Å². The van der Waals surface area contributed by atoms with Crippen LogP contribution in [0.25, 0.3) is 11.1 Å². The molecule has 0 unspecified atom stereocenters. The number of carbonyl (C=O) groups is 1. The highest BCUT2D eigenvalue weighted by atomic mass is 16.7. The van der Waals surface area contributed by atoms with E-state index in [2.05, 4.69) is 6.92 Å². The van der Waals surface area contributed by atoms with Crippen molar-refractivity contribution in [3.63, 3.8) is 0 Å². The first-order valence-corrected chi connectivity index (χ1v) is 16.5. The quantitative estimate of drug-likeness (QED) is 0.183. The molecular weight excluding hydrogens is 512 g/mol. The van der Waals surface area contributed by atoms with E-state index in [1.54, 1.807) is 12.1 Å². The van der Waals surface area contributed by atoms with Crippen molar-refractivity contribution < 1.29 is 24.1 Å². The van der Waals surface area contributed by atoms with Crippen LogP contribution in [0, 0.1) is 11.8 Å². The number of carboxylic acids is 1. The van der Waals surface area contributed by atoms with Gasteiger partial charge >= 0.3 is 5.97 Å². The Bertz CT molecular complexity index is 1020. The van der Waals surface area contributed by atoms with E-state index >= 15 is 0 Å². The zero-order chi connectivity index (χ0) is 28.7. The van der Waals surface area contributed by atoms with Crippen molar-refractivity contribution in [2.45, 2.75) is 116 Å². The Morgan fingerprint density at radius 2 is 1.44 bits per heavy atom. The van der Waals surface area contributed by atoms with Crippen LogP contribution in [0.15, 0.2) is 42.5 Å². The normalized spacial score (nSPS) is 19.4. The molecule has 2 aromatic rings. The van der Waals surface area contributed by atoms with Gasteiger partial charge < -0.3 is 19.3 Å². The fourth-order valence-corrected chi connectivity index (χ4v) is 6.35. The van der Waals surface area contributed by atoms with Crippen molar-refractivity contribution in [3.05, 3.63) is 53.6 Å². The minimum absolute atomic E-state index is 0.278. The van der Waals surface area contributed by atoms with Gasteiger partial charge in [-0.2, -0.15) is 0 Å². The Balaban J connectivity index is 1.22. The Morgan fingerprint density at radius 3 is 2.12 bits per heavy atom. The van der Waals surface area contributed by atoms with E-state index in [1.165, 1.54) is 89.9 Å². The summed E-state index contributed by atoms with van der Waals surface area (Å²) < 4.78 is 18.2. The topological polar surface area (TPSA) is 65.0 Å². The van der Waals surface area contributed by atoms with Gasteiger partial charge in [0.1, 0.15) is 5.75 Å². The summed E-state index contributed by atoms with van der Waals surface area (Å²) in [7, 11) is 0. The zero-order valence-electron chi connectivity index (χ0n) is 25.3. The molecule has 0 aromatic heterocycles. The lowest BCUT2D eigenvalue weighted by molar-refractivity contribution is -0.206. The molecule has 0 atom stereocenters. The summed E-state index contributed by atoms with van der Waals surface area (Å²) in [6.07, 6.45) is 20.5. The summed E-state index contributed by atoms with van der Waals surface area (Å²) >= 11 is 0. The SMILES string of the molecule is CCCCCCCC[C@H]1CO[C@H](c2ccc(-c3cc(OCCCCCCC4CCCC4)ccc3C(=O)O)cc2)OC1. The maximum absolute atomic E-state index is 12.0. The van der Waals surface area contributed by atoms with E-state index in [-0.39, 0.29) is 11.9 Å². The molecule has 2 aliphatic rings. The molecule has 1 N–H and O–H groups in total. The molecule has 1 saturated heterocycles. The van der Waals surface area contributed by atoms with Crippen LogP contribution >= 0.6 is 0 Å². The summed E-state index contributed by atoms with van der Waals surface area (Å²) in [6.45, 7) is 4.36. The monoisotopic (exact) mass is 564 g/mol. The summed E-state index contributed by atoms with van der Waals surface area (Å²) in [6, 6.07) is 13.2. The molecule has 0 bridgehead atoms. The average molecular weight is 565 g/mol. The maximum atomic E-state index is 12.0. The van der Waals surface area contributed by atoms with Gasteiger partial charge in [0, 0.05) is 11.5 Å². The number of rotatable bonds is 18. The van der Waals surface area contributed by atoms with Crippen molar-refractivity contribution in [2.24, 2.45) is 11.8 Å². The van der Waals surface area contributed by atoms with Gasteiger partial charge in [-0.05, 0) is 48.1 Å². The number of aromatic carboxylic acids is 1. The van der Waals surface area contributed by atoms with Crippen LogP contribution in [0.1, 0.15) is 132 Å². The van der Waals surface area contributed by atoms with Gasteiger partial charge in [-0.1, -0.05) is 121 Å². The lowest BCUT2D eigenvalue weighted by Crippen LogP contribution is -2.27. The van der Waals surface area contributed by atoms with Gasteiger partial charge in [-0.15, -0.1) is 0 Å². The van der Waals surface area contributed by atoms with Gasteiger partial charge in [-0.3, -0.25) is 0 Å². The number of ether oxygens (including phenoxy) is 3. The predicted molar refractivity (Wildman–Crippen MR) is 166 cm³/mol. The first-order valence-electron chi connectivity index (χ1n) is 16.5. The molecule has 1 saturated carbocycles. The molecule has 1 heterocycles. The third kappa shape index (κ3) is 10.4. The van der Waals surface area contributed by atoms with Gasteiger partial charge in [0.25, 0.3) is 0 Å². The van der Waals surface area contributed by atoms with Crippen molar-refractivity contribution in [2.75, 3.05) is 19.8 Å². The molecule has 41 heavy (non-hydrogen) atoms. The second kappa shape index (κ2) is 17.6. The second-order valence-electron chi connectivity index (χ2n) is 12.3. The average Bonchev–Trinajstić information content (AvgIpc) is 3.52. The Kier molecular flexibility index (Phi) is 13.5. The second-order valence-corrected chi connectivity index (χ2v) is 12.3. The minimum atomic E-state index is -0.937. The molecule has 4 rings (SSSR count). The molecule has 2 fully saturated rings. The third-order valence-electron chi connectivity index (χ3n) is 8.90. The number of benzene rings is 2. The first-order chi connectivity index (χ1) is 20.1. The first kappa shape index (κ1) is 31.6. The highest BCUT2D eigenvalue weighted by Crippen LogP contribution is 2.33.